The lowest BCUT2D eigenvalue weighted by atomic mass is 10.00. The van der Waals surface area contributed by atoms with Gasteiger partial charge < -0.3 is 10.2 Å². The van der Waals surface area contributed by atoms with Crippen molar-refractivity contribution in [2.24, 2.45) is 0 Å². The molecule has 2 rings (SSSR count). The molecule has 0 unspecified atom stereocenters. The third-order valence-electron chi connectivity index (χ3n) is 3.64. The van der Waals surface area contributed by atoms with Crippen molar-refractivity contribution < 1.29 is 4.79 Å². The normalized spacial score (nSPS) is 13.9. The van der Waals surface area contributed by atoms with Gasteiger partial charge in [0.05, 0.1) is 0 Å². The fraction of sp³-hybridized carbons (Fsp3) is 0.562. The van der Waals surface area contributed by atoms with Crippen molar-refractivity contribution in [1.82, 2.24) is 4.90 Å². The van der Waals surface area contributed by atoms with Crippen molar-refractivity contribution in [3.05, 3.63) is 29.3 Å². The Labute approximate surface area is 116 Å². The summed E-state index contributed by atoms with van der Waals surface area (Å²) >= 11 is 0. The Hall–Kier alpha value is -1.51. The number of nitrogens with one attached hydrogen (secondary N) is 1. The molecule has 1 aromatic rings. The molecule has 1 N–H and O–H groups in total. The van der Waals surface area contributed by atoms with Crippen LogP contribution in [-0.2, 0) is 6.42 Å². The van der Waals surface area contributed by atoms with Crippen molar-refractivity contribution in [2.75, 3.05) is 18.4 Å². The van der Waals surface area contributed by atoms with Crippen LogP contribution in [0.5, 0.6) is 0 Å². The summed E-state index contributed by atoms with van der Waals surface area (Å²) in [5.74, 6) is 0.158. The molecule has 19 heavy (non-hydrogen) atoms. The van der Waals surface area contributed by atoms with Gasteiger partial charge in [0.25, 0.3) is 5.91 Å². The Kier molecular flexibility index (Phi) is 4.46. The summed E-state index contributed by atoms with van der Waals surface area (Å²) in [6.45, 7) is 8.13. The lowest BCUT2D eigenvalue weighted by Crippen LogP contribution is -2.37. The fourth-order valence-corrected chi connectivity index (χ4v) is 2.61. The highest BCUT2D eigenvalue weighted by atomic mass is 16.2. The average molecular weight is 260 g/mol. The highest BCUT2D eigenvalue weighted by Gasteiger charge is 2.19. The van der Waals surface area contributed by atoms with E-state index in [4.69, 9.17) is 0 Å². The van der Waals surface area contributed by atoms with Gasteiger partial charge in [-0.2, -0.15) is 0 Å². The van der Waals surface area contributed by atoms with Crippen LogP contribution in [0, 0.1) is 0 Å². The molecule has 0 saturated carbocycles. The van der Waals surface area contributed by atoms with Gasteiger partial charge in [-0.05, 0) is 56.9 Å². The van der Waals surface area contributed by atoms with Crippen molar-refractivity contribution in [3.63, 3.8) is 0 Å². The average Bonchev–Trinajstić information content (AvgIpc) is 2.43. The SMILES string of the molecule is CCCN(C(=O)c1ccc2c(c1)CCCN2)C(C)C. The standard InChI is InChI=1S/C16H24N2O/c1-4-10-18(12(2)3)16(19)14-7-8-15-13(11-14)6-5-9-17-15/h7-8,11-12,17H,4-6,9-10H2,1-3H3. The molecular formula is C16H24N2O. The van der Waals surface area contributed by atoms with Crippen molar-refractivity contribution in [2.45, 2.75) is 46.1 Å². The van der Waals surface area contributed by atoms with E-state index in [0.29, 0.717) is 0 Å². The summed E-state index contributed by atoms with van der Waals surface area (Å²) in [7, 11) is 0. The smallest absolute Gasteiger partial charge is 0.254 e. The number of rotatable bonds is 4. The molecule has 104 valence electrons. The maximum atomic E-state index is 12.6. The lowest BCUT2D eigenvalue weighted by molar-refractivity contribution is 0.0706. The Morgan fingerprint density at radius 3 is 2.89 bits per heavy atom. The number of carbonyl (C=O) groups is 1. The number of hydrogen-bond acceptors (Lipinski definition) is 2. The summed E-state index contributed by atoms with van der Waals surface area (Å²) in [6.07, 6.45) is 3.21. The molecule has 1 heterocycles. The molecule has 1 amide bonds. The summed E-state index contributed by atoms with van der Waals surface area (Å²) < 4.78 is 0. The second-order valence-electron chi connectivity index (χ2n) is 5.49. The Balaban J connectivity index is 2.22. The van der Waals surface area contributed by atoms with E-state index in [1.165, 1.54) is 11.3 Å². The highest BCUT2D eigenvalue weighted by molar-refractivity contribution is 5.95. The first-order valence-corrected chi connectivity index (χ1v) is 7.31. The van der Waals surface area contributed by atoms with E-state index in [9.17, 15) is 4.79 Å². The summed E-state index contributed by atoms with van der Waals surface area (Å²) in [5, 5.41) is 3.38. The first-order valence-electron chi connectivity index (χ1n) is 7.31. The van der Waals surface area contributed by atoms with Gasteiger partial charge in [0, 0.05) is 30.4 Å². The quantitative estimate of drug-likeness (QED) is 0.901. The number of aryl methyl sites for hydroxylation is 1. The topological polar surface area (TPSA) is 32.3 Å². The monoisotopic (exact) mass is 260 g/mol. The highest BCUT2D eigenvalue weighted by Crippen LogP contribution is 2.23. The van der Waals surface area contributed by atoms with Crippen LogP contribution in [0.2, 0.25) is 0 Å². The number of hydrogen-bond donors (Lipinski definition) is 1. The van der Waals surface area contributed by atoms with Crippen molar-refractivity contribution in [3.8, 4) is 0 Å². The van der Waals surface area contributed by atoms with E-state index in [0.717, 1.165) is 37.9 Å². The van der Waals surface area contributed by atoms with Crippen LogP contribution < -0.4 is 5.32 Å². The summed E-state index contributed by atoms with van der Waals surface area (Å²) in [4.78, 5) is 14.5. The molecule has 0 fully saturated rings. The minimum Gasteiger partial charge on any atom is -0.385 e. The molecule has 0 spiro atoms. The second kappa shape index (κ2) is 6.09. The molecule has 3 nitrogen and oxygen atoms in total. The van der Waals surface area contributed by atoms with Gasteiger partial charge in [-0.3, -0.25) is 4.79 Å². The third kappa shape index (κ3) is 3.09. The van der Waals surface area contributed by atoms with Gasteiger partial charge >= 0.3 is 0 Å². The molecule has 0 bridgehead atoms. The molecule has 0 aliphatic carbocycles. The summed E-state index contributed by atoms with van der Waals surface area (Å²) in [5.41, 5.74) is 3.29. The second-order valence-corrected chi connectivity index (χ2v) is 5.49. The summed E-state index contributed by atoms with van der Waals surface area (Å²) in [6, 6.07) is 6.31. The van der Waals surface area contributed by atoms with Crippen LogP contribution in [0.1, 0.15) is 49.5 Å². The van der Waals surface area contributed by atoms with Gasteiger partial charge in [0.2, 0.25) is 0 Å². The van der Waals surface area contributed by atoms with Gasteiger partial charge in [-0.1, -0.05) is 6.92 Å². The third-order valence-corrected chi connectivity index (χ3v) is 3.64. The van der Waals surface area contributed by atoms with Gasteiger partial charge in [-0.15, -0.1) is 0 Å². The van der Waals surface area contributed by atoms with Crippen LogP contribution in [0.4, 0.5) is 5.69 Å². The fourth-order valence-electron chi connectivity index (χ4n) is 2.61. The Morgan fingerprint density at radius 1 is 1.42 bits per heavy atom. The van der Waals surface area contributed by atoms with Crippen molar-refractivity contribution in [1.29, 1.82) is 0 Å². The minimum atomic E-state index is 0.158. The predicted molar refractivity (Wildman–Crippen MR) is 79.7 cm³/mol. The molecule has 0 aromatic heterocycles. The van der Waals surface area contributed by atoms with E-state index in [1.54, 1.807) is 0 Å². The molecule has 1 aliphatic rings. The number of nitrogens with zero attached hydrogens (tertiary/aromatic N) is 1. The molecule has 0 saturated heterocycles. The van der Waals surface area contributed by atoms with Crippen molar-refractivity contribution >= 4 is 11.6 Å². The zero-order valence-electron chi connectivity index (χ0n) is 12.2. The number of benzene rings is 1. The van der Waals surface area contributed by atoms with E-state index >= 15 is 0 Å². The van der Waals surface area contributed by atoms with E-state index in [2.05, 4.69) is 32.2 Å². The Morgan fingerprint density at radius 2 is 2.21 bits per heavy atom. The first kappa shape index (κ1) is 13.9. The molecule has 0 radical (unpaired) electrons. The van der Waals surface area contributed by atoms with Crippen LogP contribution >= 0.6 is 0 Å². The number of fused-ring (bicyclic) bond motifs is 1. The molecule has 1 aliphatic heterocycles. The van der Waals surface area contributed by atoms with E-state index in [-0.39, 0.29) is 11.9 Å². The van der Waals surface area contributed by atoms with Gasteiger partial charge in [-0.25, -0.2) is 0 Å². The van der Waals surface area contributed by atoms with Gasteiger partial charge in [0.15, 0.2) is 0 Å². The number of anilines is 1. The van der Waals surface area contributed by atoms with E-state index in [1.807, 2.05) is 17.0 Å². The lowest BCUT2D eigenvalue weighted by Gasteiger charge is -2.27. The zero-order chi connectivity index (χ0) is 13.8. The molecule has 1 aromatic carbocycles. The molecule has 3 heteroatoms. The maximum Gasteiger partial charge on any atom is 0.254 e. The minimum absolute atomic E-state index is 0.158. The number of carbonyl (C=O) groups excluding carboxylic acids is 1. The molecule has 0 atom stereocenters. The number of amides is 1. The van der Waals surface area contributed by atoms with E-state index < -0.39 is 0 Å². The first-order chi connectivity index (χ1) is 9.13. The van der Waals surface area contributed by atoms with Gasteiger partial charge in [0.1, 0.15) is 0 Å². The predicted octanol–water partition coefficient (Wildman–Crippen LogP) is 3.31. The van der Waals surface area contributed by atoms with Crippen LogP contribution in [-0.4, -0.2) is 29.9 Å². The largest absolute Gasteiger partial charge is 0.385 e. The molecular weight excluding hydrogens is 236 g/mol. The zero-order valence-corrected chi connectivity index (χ0v) is 12.2. The van der Waals surface area contributed by atoms with Crippen LogP contribution in [0.3, 0.4) is 0 Å². The van der Waals surface area contributed by atoms with Crippen LogP contribution in [0.15, 0.2) is 18.2 Å². The van der Waals surface area contributed by atoms with Crippen LogP contribution in [0.25, 0.3) is 0 Å². The maximum absolute atomic E-state index is 12.6. The Bertz CT molecular complexity index is 454.